The molecule has 19 heavy (non-hydrogen) atoms. The number of amides is 1. The molecular weight excluding hydrogens is 240 g/mol. The van der Waals surface area contributed by atoms with Crippen LogP contribution < -0.4 is 15.4 Å². The molecule has 0 saturated carbocycles. The fourth-order valence-corrected chi connectivity index (χ4v) is 1.50. The molecule has 1 aromatic carbocycles. The van der Waals surface area contributed by atoms with E-state index in [0.717, 1.165) is 24.3 Å². The van der Waals surface area contributed by atoms with Gasteiger partial charge in [0.2, 0.25) is 5.91 Å². The zero-order valence-electron chi connectivity index (χ0n) is 12.0. The maximum Gasteiger partial charge on any atom is 0.238 e. The van der Waals surface area contributed by atoms with Crippen LogP contribution in [0, 0.1) is 0 Å². The highest BCUT2D eigenvalue weighted by atomic mass is 16.5. The second-order valence-corrected chi connectivity index (χ2v) is 4.61. The van der Waals surface area contributed by atoms with Crippen molar-refractivity contribution in [1.29, 1.82) is 0 Å². The molecule has 0 aliphatic rings. The molecule has 0 radical (unpaired) electrons. The molecule has 0 saturated heterocycles. The lowest BCUT2D eigenvalue weighted by molar-refractivity contribution is -0.115. The van der Waals surface area contributed by atoms with E-state index in [1.807, 2.05) is 24.3 Å². The maximum absolute atomic E-state index is 11.7. The van der Waals surface area contributed by atoms with Crippen molar-refractivity contribution in [1.82, 2.24) is 5.32 Å². The quantitative estimate of drug-likeness (QED) is 0.759. The van der Waals surface area contributed by atoms with Crippen molar-refractivity contribution in [2.24, 2.45) is 0 Å². The van der Waals surface area contributed by atoms with Crippen LogP contribution in [0.4, 0.5) is 5.69 Å². The maximum atomic E-state index is 11.7. The molecule has 1 amide bonds. The average molecular weight is 264 g/mol. The van der Waals surface area contributed by atoms with E-state index in [1.165, 1.54) is 0 Å². The summed E-state index contributed by atoms with van der Waals surface area (Å²) in [6, 6.07) is 7.83. The molecule has 4 heteroatoms. The first-order valence-electron chi connectivity index (χ1n) is 6.91. The van der Waals surface area contributed by atoms with Gasteiger partial charge in [0, 0.05) is 17.8 Å². The number of hydrogen-bond acceptors (Lipinski definition) is 3. The Balaban J connectivity index is 2.45. The summed E-state index contributed by atoms with van der Waals surface area (Å²) in [6.07, 6.45) is 1.98. The number of nitrogens with one attached hydrogen (secondary N) is 2. The van der Waals surface area contributed by atoms with Crippen LogP contribution in [0.25, 0.3) is 0 Å². The number of benzene rings is 1. The number of hydrogen-bond donors (Lipinski definition) is 2. The van der Waals surface area contributed by atoms with Crippen LogP contribution in [0.3, 0.4) is 0 Å². The van der Waals surface area contributed by atoms with Crippen LogP contribution in [-0.2, 0) is 4.79 Å². The Morgan fingerprint density at radius 3 is 2.84 bits per heavy atom. The first-order valence-corrected chi connectivity index (χ1v) is 6.91. The van der Waals surface area contributed by atoms with Gasteiger partial charge in [0.05, 0.1) is 13.2 Å². The van der Waals surface area contributed by atoms with Crippen molar-refractivity contribution < 1.29 is 9.53 Å². The summed E-state index contributed by atoms with van der Waals surface area (Å²) in [5.74, 6) is 0.752. The van der Waals surface area contributed by atoms with E-state index < -0.39 is 0 Å². The van der Waals surface area contributed by atoms with E-state index in [2.05, 4.69) is 31.4 Å². The standard InChI is InChI=1S/C15H24N2O2/c1-4-9-19-14-8-6-7-13(10-14)17-15(18)11-16-12(3)5-2/h6-8,10,12,16H,4-5,9,11H2,1-3H3,(H,17,18). The summed E-state index contributed by atoms with van der Waals surface area (Å²) in [7, 11) is 0. The molecule has 0 fully saturated rings. The summed E-state index contributed by atoms with van der Waals surface area (Å²) in [5.41, 5.74) is 0.768. The van der Waals surface area contributed by atoms with Gasteiger partial charge in [-0.15, -0.1) is 0 Å². The Labute approximate surface area is 115 Å². The smallest absolute Gasteiger partial charge is 0.238 e. The summed E-state index contributed by atoms with van der Waals surface area (Å²) >= 11 is 0. The second kappa shape index (κ2) is 8.53. The van der Waals surface area contributed by atoms with Crippen molar-refractivity contribution in [3.8, 4) is 5.75 Å². The van der Waals surface area contributed by atoms with Gasteiger partial charge in [-0.25, -0.2) is 0 Å². The monoisotopic (exact) mass is 264 g/mol. The fourth-order valence-electron chi connectivity index (χ4n) is 1.50. The van der Waals surface area contributed by atoms with Crippen LogP contribution in [0.2, 0.25) is 0 Å². The fraction of sp³-hybridized carbons (Fsp3) is 0.533. The minimum Gasteiger partial charge on any atom is -0.494 e. The molecule has 1 rings (SSSR count). The van der Waals surface area contributed by atoms with Gasteiger partial charge < -0.3 is 15.4 Å². The summed E-state index contributed by atoms with van der Waals surface area (Å²) in [4.78, 5) is 11.7. The topological polar surface area (TPSA) is 50.4 Å². The predicted molar refractivity (Wildman–Crippen MR) is 78.6 cm³/mol. The minimum atomic E-state index is -0.0343. The summed E-state index contributed by atoms with van der Waals surface area (Å²) in [6.45, 7) is 7.23. The average Bonchev–Trinajstić information content (AvgIpc) is 2.43. The largest absolute Gasteiger partial charge is 0.494 e. The third-order valence-corrected chi connectivity index (χ3v) is 2.81. The van der Waals surface area contributed by atoms with Crippen molar-refractivity contribution in [2.75, 3.05) is 18.5 Å². The molecule has 0 aliphatic carbocycles. The molecule has 4 nitrogen and oxygen atoms in total. The third-order valence-electron chi connectivity index (χ3n) is 2.81. The zero-order valence-corrected chi connectivity index (χ0v) is 12.0. The Hall–Kier alpha value is -1.55. The van der Waals surface area contributed by atoms with Crippen molar-refractivity contribution in [2.45, 2.75) is 39.7 Å². The molecule has 1 aromatic rings. The highest BCUT2D eigenvalue weighted by molar-refractivity contribution is 5.92. The molecule has 0 heterocycles. The van der Waals surface area contributed by atoms with E-state index in [0.29, 0.717) is 19.2 Å². The number of ether oxygens (including phenoxy) is 1. The minimum absolute atomic E-state index is 0.0343. The second-order valence-electron chi connectivity index (χ2n) is 4.61. The molecule has 0 spiro atoms. The van der Waals surface area contributed by atoms with Crippen LogP contribution >= 0.6 is 0 Å². The van der Waals surface area contributed by atoms with Gasteiger partial charge in [-0.05, 0) is 31.9 Å². The van der Waals surface area contributed by atoms with Gasteiger partial charge in [0.25, 0.3) is 0 Å². The molecule has 1 unspecified atom stereocenters. The van der Waals surface area contributed by atoms with E-state index in [9.17, 15) is 4.79 Å². The predicted octanol–water partition coefficient (Wildman–Crippen LogP) is 2.80. The molecule has 0 aromatic heterocycles. The molecule has 2 N–H and O–H groups in total. The summed E-state index contributed by atoms with van der Waals surface area (Å²) < 4.78 is 5.53. The van der Waals surface area contributed by atoms with Crippen molar-refractivity contribution in [3.63, 3.8) is 0 Å². The molecule has 0 aliphatic heterocycles. The van der Waals surface area contributed by atoms with E-state index in [-0.39, 0.29) is 5.91 Å². The van der Waals surface area contributed by atoms with E-state index in [4.69, 9.17) is 4.74 Å². The van der Waals surface area contributed by atoms with Crippen LogP contribution in [0.5, 0.6) is 5.75 Å². The number of rotatable bonds is 8. The van der Waals surface area contributed by atoms with E-state index >= 15 is 0 Å². The van der Waals surface area contributed by atoms with Crippen LogP contribution in [-0.4, -0.2) is 25.1 Å². The molecule has 0 bridgehead atoms. The van der Waals surface area contributed by atoms with Crippen molar-refractivity contribution in [3.05, 3.63) is 24.3 Å². The van der Waals surface area contributed by atoms with Gasteiger partial charge >= 0.3 is 0 Å². The van der Waals surface area contributed by atoms with Gasteiger partial charge in [-0.1, -0.05) is 19.9 Å². The van der Waals surface area contributed by atoms with Crippen LogP contribution in [0.1, 0.15) is 33.6 Å². The Kier molecular flexibility index (Phi) is 6.97. The zero-order chi connectivity index (χ0) is 14.1. The summed E-state index contributed by atoms with van der Waals surface area (Å²) in [5, 5.41) is 6.01. The van der Waals surface area contributed by atoms with Gasteiger partial charge in [-0.3, -0.25) is 4.79 Å². The van der Waals surface area contributed by atoms with Gasteiger partial charge in [0.1, 0.15) is 5.75 Å². The lowest BCUT2D eigenvalue weighted by Crippen LogP contribution is -2.33. The number of carbonyl (C=O) groups is 1. The first-order chi connectivity index (χ1) is 9.15. The molecular formula is C15H24N2O2. The Bertz CT molecular complexity index is 393. The Morgan fingerprint density at radius 1 is 1.37 bits per heavy atom. The molecule has 1 atom stereocenters. The lowest BCUT2D eigenvalue weighted by Gasteiger charge is -2.12. The lowest BCUT2D eigenvalue weighted by atomic mass is 10.2. The van der Waals surface area contributed by atoms with Crippen molar-refractivity contribution >= 4 is 11.6 Å². The van der Waals surface area contributed by atoms with Gasteiger partial charge in [-0.2, -0.15) is 0 Å². The third kappa shape index (κ3) is 6.25. The normalized spacial score (nSPS) is 11.9. The highest BCUT2D eigenvalue weighted by Gasteiger charge is 2.05. The molecule has 106 valence electrons. The first kappa shape index (κ1) is 15.5. The Morgan fingerprint density at radius 2 is 2.16 bits per heavy atom. The number of anilines is 1. The number of carbonyl (C=O) groups excluding carboxylic acids is 1. The highest BCUT2D eigenvalue weighted by Crippen LogP contribution is 2.17. The van der Waals surface area contributed by atoms with Crippen LogP contribution in [0.15, 0.2) is 24.3 Å². The SMILES string of the molecule is CCCOc1cccc(NC(=O)CNC(C)CC)c1. The van der Waals surface area contributed by atoms with Gasteiger partial charge in [0.15, 0.2) is 0 Å². The van der Waals surface area contributed by atoms with E-state index in [1.54, 1.807) is 0 Å².